The van der Waals surface area contributed by atoms with Gasteiger partial charge in [-0.2, -0.15) is 8.42 Å². The lowest BCUT2D eigenvalue weighted by Gasteiger charge is -1.72. The van der Waals surface area contributed by atoms with Gasteiger partial charge in [0.05, 0.1) is 5.41 Å². The van der Waals surface area contributed by atoms with Crippen molar-refractivity contribution in [2.75, 3.05) is 0 Å². The average Bonchev–Trinajstić information content (AvgIpc) is 1.30. The quantitative estimate of drug-likeness (QED) is 0.490. The summed E-state index contributed by atoms with van der Waals surface area (Å²) in [4.78, 5) is 0. The Morgan fingerprint density at radius 3 is 2.00 bits per heavy atom. The second-order valence-corrected chi connectivity index (χ2v) is 2.03. The number of hydrogen-bond acceptors (Lipinski definition) is 3. The molecule has 0 aliphatic rings. The Morgan fingerprint density at radius 1 is 1.57 bits per heavy atom. The summed E-state index contributed by atoms with van der Waals surface area (Å²) in [6, 6.07) is 0. The van der Waals surface area contributed by atoms with Crippen LogP contribution in [0.1, 0.15) is 0 Å². The molecule has 0 aromatic heterocycles. The summed E-state index contributed by atoms with van der Waals surface area (Å²) in [5.41, 5.74) is 4.51. The lowest BCUT2D eigenvalue weighted by molar-refractivity contribution is 0.563. The van der Waals surface area contributed by atoms with Crippen LogP contribution >= 0.6 is 0 Å². The van der Waals surface area contributed by atoms with E-state index in [9.17, 15) is 12.3 Å². The first-order chi connectivity index (χ1) is 3.06. The molecule has 0 saturated heterocycles. The Bertz CT molecular complexity index is 159. The maximum Gasteiger partial charge on any atom is 0.326 e. The molecule has 42 valence electrons. The van der Waals surface area contributed by atoms with Crippen LogP contribution in [0.25, 0.3) is 0 Å². The minimum atomic E-state index is -4.48. The van der Waals surface area contributed by atoms with Gasteiger partial charge in [-0.3, -0.25) is 0 Å². The molecule has 3 nitrogen and oxygen atoms in total. The predicted octanol–water partition coefficient (Wildman–Crippen LogP) is -0.284. The first-order valence-electron chi connectivity index (χ1n) is 1.39. The van der Waals surface area contributed by atoms with Crippen LogP contribution in [0.15, 0.2) is 11.6 Å². The molecule has 0 spiro atoms. The summed E-state index contributed by atoms with van der Waals surface area (Å²) in [5, 5.41) is 0.271. The van der Waals surface area contributed by atoms with Crippen molar-refractivity contribution in [3.63, 3.8) is 0 Å². The summed E-state index contributed by atoms with van der Waals surface area (Å²) in [6.07, 6.45) is 0.620. The minimum Gasteiger partial charge on any atom is -0.404 e. The zero-order valence-electron chi connectivity index (χ0n) is 3.33. The van der Waals surface area contributed by atoms with Crippen molar-refractivity contribution in [3.8, 4) is 0 Å². The zero-order valence-corrected chi connectivity index (χ0v) is 4.15. The van der Waals surface area contributed by atoms with Crippen molar-refractivity contribution < 1.29 is 12.3 Å². The molecule has 0 radical (unpaired) electrons. The zero-order chi connectivity index (χ0) is 5.91. The lowest BCUT2D eigenvalue weighted by atomic mass is 11.1. The Kier molecular flexibility index (Phi) is 1.76. The maximum atomic E-state index is 11.2. The van der Waals surface area contributed by atoms with Gasteiger partial charge in [-0.05, 0) is 0 Å². The summed E-state index contributed by atoms with van der Waals surface area (Å²) in [5.74, 6) is 0. The van der Waals surface area contributed by atoms with Crippen LogP contribution in [-0.4, -0.2) is 8.42 Å². The molecule has 0 fully saturated rings. The third kappa shape index (κ3) is 5.42. The molecule has 0 aliphatic carbocycles. The number of rotatable bonds is 1. The topological polar surface area (TPSA) is 60.2 Å². The van der Waals surface area contributed by atoms with Gasteiger partial charge < -0.3 is 5.73 Å². The van der Waals surface area contributed by atoms with E-state index in [1.807, 2.05) is 0 Å². The number of hydrogen-bond donors (Lipinski definition) is 1. The van der Waals surface area contributed by atoms with Crippen molar-refractivity contribution in [3.05, 3.63) is 11.6 Å². The van der Waals surface area contributed by atoms with Gasteiger partial charge in [0.1, 0.15) is 0 Å². The lowest BCUT2D eigenvalue weighted by Crippen LogP contribution is -1.84. The first kappa shape index (κ1) is 6.42. The molecule has 0 rings (SSSR count). The summed E-state index contributed by atoms with van der Waals surface area (Å²) < 4.78 is 30.0. The Morgan fingerprint density at radius 2 is 2.00 bits per heavy atom. The average molecular weight is 125 g/mol. The smallest absolute Gasteiger partial charge is 0.326 e. The molecule has 0 aromatic carbocycles. The van der Waals surface area contributed by atoms with E-state index in [0.29, 0.717) is 6.20 Å². The highest BCUT2D eigenvalue weighted by atomic mass is 32.3. The van der Waals surface area contributed by atoms with Gasteiger partial charge in [0.15, 0.2) is 0 Å². The van der Waals surface area contributed by atoms with E-state index < -0.39 is 10.2 Å². The first-order valence-corrected chi connectivity index (χ1v) is 2.84. The minimum absolute atomic E-state index is 0.271. The van der Waals surface area contributed by atoms with Gasteiger partial charge in [0, 0.05) is 6.20 Å². The normalized spacial score (nSPS) is 12.7. The maximum absolute atomic E-state index is 11.2. The van der Waals surface area contributed by atoms with Crippen molar-refractivity contribution >= 4 is 10.2 Å². The molecular weight excluding hydrogens is 121 g/mol. The monoisotopic (exact) mass is 125 g/mol. The highest BCUT2D eigenvalue weighted by Gasteiger charge is 1.94. The highest BCUT2D eigenvalue weighted by molar-refractivity contribution is 7.89. The van der Waals surface area contributed by atoms with E-state index in [1.54, 1.807) is 0 Å². The Balaban J connectivity index is 4.13. The van der Waals surface area contributed by atoms with Gasteiger partial charge in [0.25, 0.3) is 0 Å². The van der Waals surface area contributed by atoms with Crippen LogP contribution in [0.5, 0.6) is 0 Å². The van der Waals surface area contributed by atoms with Crippen molar-refractivity contribution in [2.45, 2.75) is 0 Å². The summed E-state index contributed by atoms with van der Waals surface area (Å²) in [6.45, 7) is 0. The second kappa shape index (κ2) is 1.92. The van der Waals surface area contributed by atoms with E-state index >= 15 is 0 Å². The second-order valence-electron chi connectivity index (χ2n) is 0.804. The van der Waals surface area contributed by atoms with E-state index in [2.05, 4.69) is 5.73 Å². The Hall–Kier alpha value is -0.580. The predicted molar refractivity (Wildman–Crippen MR) is 23.4 cm³/mol. The fourth-order valence-electron chi connectivity index (χ4n) is 0.0938. The van der Waals surface area contributed by atoms with E-state index in [0.717, 1.165) is 0 Å². The van der Waals surface area contributed by atoms with Crippen LogP contribution in [0.2, 0.25) is 0 Å². The van der Waals surface area contributed by atoms with Gasteiger partial charge in [-0.1, -0.05) is 0 Å². The van der Waals surface area contributed by atoms with Gasteiger partial charge in [-0.25, -0.2) is 0 Å². The molecule has 0 heterocycles. The molecule has 0 amide bonds. The van der Waals surface area contributed by atoms with Gasteiger partial charge in [0.2, 0.25) is 0 Å². The molecule has 0 unspecified atom stereocenters. The third-order valence-corrected chi connectivity index (χ3v) is 0.723. The van der Waals surface area contributed by atoms with Crippen molar-refractivity contribution in [1.82, 2.24) is 0 Å². The molecule has 0 bridgehead atoms. The van der Waals surface area contributed by atoms with Gasteiger partial charge >= 0.3 is 10.2 Å². The molecule has 0 saturated carbocycles. The SMILES string of the molecule is NC=CS(=O)(=O)F. The van der Waals surface area contributed by atoms with E-state index in [1.165, 1.54) is 0 Å². The fraction of sp³-hybridized carbons (Fsp3) is 0. The molecular formula is C2H4FNO2S. The molecule has 0 atom stereocenters. The highest BCUT2D eigenvalue weighted by Crippen LogP contribution is 1.88. The van der Waals surface area contributed by atoms with Crippen LogP contribution in [-0.2, 0) is 10.2 Å². The van der Waals surface area contributed by atoms with Crippen LogP contribution in [0.4, 0.5) is 3.89 Å². The molecule has 0 aromatic rings. The summed E-state index contributed by atoms with van der Waals surface area (Å²) in [7, 11) is -4.48. The number of nitrogens with two attached hydrogens (primary N) is 1. The molecule has 5 heteroatoms. The largest absolute Gasteiger partial charge is 0.404 e. The molecule has 0 aliphatic heterocycles. The summed E-state index contributed by atoms with van der Waals surface area (Å²) >= 11 is 0. The van der Waals surface area contributed by atoms with Crippen LogP contribution < -0.4 is 5.73 Å². The van der Waals surface area contributed by atoms with Crippen LogP contribution in [0, 0.1) is 0 Å². The van der Waals surface area contributed by atoms with Crippen LogP contribution in [0.3, 0.4) is 0 Å². The fourth-order valence-corrected chi connectivity index (χ4v) is 0.282. The Labute approximate surface area is 40.8 Å². The molecule has 2 N–H and O–H groups in total. The molecule has 7 heavy (non-hydrogen) atoms. The van der Waals surface area contributed by atoms with Crippen molar-refractivity contribution in [2.24, 2.45) is 5.73 Å². The van der Waals surface area contributed by atoms with E-state index in [4.69, 9.17) is 0 Å². The van der Waals surface area contributed by atoms with Gasteiger partial charge in [-0.15, -0.1) is 3.89 Å². The van der Waals surface area contributed by atoms with Crippen molar-refractivity contribution in [1.29, 1.82) is 0 Å². The number of halogens is 1. The standard InChI is InChI=1S/C2H4FNO2S/c3-7(5,6)2-1-4/h1-2H,4H2. The van der Waals surface area contributed by atoms with E-state index in [-0.39, 0.29) is 5.41 Å². The third-order valence-electron chi connectivity index (χ3n) is 0.241.